The van der Waals surface area contributed by atoms with Gasteiger partial charge in [0.05, 0.1) is 5.69 Å². The Balaban J connectivity index is 2.06. The molecule has 0 bridgehead atoms. The highest BCUT2D eigenvalue weighted by Gasteiger charge is 2.21. The maximum absolute atomic E-state index is 5.83. The van der Waals surface area contributed by atoms with Crippen molar-refractivity contribution < 1.29 is 0 Å². The van der Waals surface area contributed by atoms with Gasteiger partial charge in [0.15, 0.2) is 0 Å². The van der Waals surface area contributed by atoms with E-state index in [0.717, 1.165) is 43.3 Å². The summed E-state index contributed by atoms with van der Waals surface area (Å²) in [6.07, 6.45) is 0. The van der Waals surface area contributed by atoms with Crippen LogP contribution in [0.3, 0.4) is 0 Å². The topological polar surface area (TPSA) is 44.9 Å². The molecule has 2 N–H and O–H groups in total. The first kappa shape index (κ1) is 18.1. The summed E-state index contributed by atoms with van der Waals surface area (Å²) in [6, 6.07) is 8.61. The standard InChI is InChI=1S/C20H28N4S/c1-14-5-6-17(13-21)12-19(14)22-20(18-11-15(2)25-16(18)3)24-9-7-23(4)8-10-24/h5-6,11-12H,7-10,13,21H2,1-4H3/b22-20+. The van der Waals surface area contributed by atoms with Crippen molar-refractivity contribution in [2.45, 2.75) is 27.3 Å². The number of thiophene rings is 1. The van der Waals surface area contributed by atoms with E-state index >= 15 is 0 Å². The molecule has 1 aliphatic rings. The Morgan fingerprint density at radius 2 is 1.84 bits per heavy atom. The van der Waals surface area contributed by atoms with E-state index in [0.29, 0.717) is 6.54 Å². The zero-order valence-electron chi connectivity index (χ0n) is 15.7. The van der Waals surface area contributed by atoms with Crippen LogP contribution in [0.25, 0.3) is 0 Å². The van der Waals surface area contributed by atoms with E-state index in [1.165, 1.54) is 20.9 Å². The van der Waals surface area contributed by atoms with Crippen molar-refractivity contribution in [3.63, 3.8) is 0 Å². The molecule has 0 aliphatic carbocycles. The molecular weight excluding hydrogens is 328 g/mol. The van der Waals surface area contributed by atoms with Gasteiger partial charge in [-0.2, -0.15) is 0 Å². The number of rotatable bonds is 3. The first-order valence-electron chi connectivity index (χ1n) is 8.87. The van der Waals surface area contributed by atoms with Crippen molar-refractivity contribution >= 4 is 22.9 Å². The number of aryl methyl sites for hydroxylation is 3. The van der Waals surface area contributed by atoms with Crippen LogP contribution in [0.4, 0.5) is 5.69 Å². The Morgan fingerprint density at radius 3 is 2.44 bits per heavy atom. The number of benzene rings is 1. The number of nitrogens with two attached hydrogens (primary N) is 1. The van der Waals surface area contributed by atoms with Crippen LogP contribution in [0.5, 0.6) is 0 Å². The van der Waals surface area contributed by atoms with Crippen LogP contribution >= 0.6 is 11.3 Å². The monoisotopic (exact) mass is 356 g/mol. The maximum atomic E-state index is 5.83. The molecule has 1 aromatic carbocycles. The molecule has 4 nitrogen and oxygen atoms in total. The van der Waals surface area contributed by atoms with E-state index in [1.54, 1.807) is 0 Å². The molecular formula is C20H28N4S. The first-order chi connectivity index (χ1) is 12.0. The second-order valence-electron chi connectivity index (χ2n) is 6.88. The zero-order valence-corrected chi connectivity index (χ0v) is 16.5. The minimum atomic E-state index is 0.545. The summed E-state index contributed by atoms with van der Waals surface area (Å²) in [7, 11) is 2.18. The summed E-state index contributed by atoms with van der Waals surface area (Å²) in [5, 5.41) is 0. The molecule has 0 amide bonds. The molecule has 25 heavy (non-hydrogen) atoms. The molecule has 3 rings (SSSR count). The molecule has 1 saturated heterocycles. The summed E-state index contributed by atoms with van der Waals surface area (Å²) in [6.45, 7) is 11.2. The number of amidine groups is 1. The number of hydrogen-bond donors (Lipinski definition) is 1. The summed E-state index contributed by atoms with van der Waals surface area (Å²) >= 11 is 1.85. The Bertz CT molecular complexity index is 770. The minimum Gasteiger partial charge on any atom is -0.354 e. The predicted octanol–water partition coefficient (Wildman–Crippen LogP) is 3.46. The van der Waals surface area contributed by atoms with Crippen LogP contribution in [-0.2, 0) is 6.54 Å². The van der Waals surface area contributed by atoms with Gasteiger partial charge in [-0.25, -0.2) is 4.99 Å². The minimum absolute atomic E-state index is 0.545. The summed E-state index contributed by atoms with van der Waals surface area (Å²) in [5.74, 6) is 1.10. The van der Waals surface area contributed by atoms with Crippen LogP contribution in [0.2, 0.25) is 0 Å². The fourth-order valence-electron chi connectivity index (χ4n) is 3.19. The van der Waals surface area contributed by atoms with E-state index in [-0.39, 0.29) is 0 Å². The van der Waals surface area contributed by atoms with Gasteiger partial charge in [0.2, 0.25) is 0 Å². The summed E-state index contributed by atoms with van der Waals surface area (Å²) in [5.41, 5.74) is 10.4. The van der Waals surface area contributed by atoms with Gasteiger partial charge >= 0.3 is 0 Å². The normalized spacial score (nSPS) is 16.5. The second-order valence-corrected chi connectivity index (χ2v) is 8.34. The fraction of sp³-hybridized carbons (Fsp3) is 0.450. The van der Waals surface area contributed by atoms with Crippen LogP contribution in [0.15, 0.2) is 29.3 Å². The molecule has 0 unspecified atom stereocenters. The van der Waals surface area contributed by atoms with Gasteiger partial charge in [0.25, 0.3) is 0 Å². The Kier molecular flexibility index (Phi) is 5.57. The lowest BCUT2D eigenvalue weighted by Gasteiger charge is -2.34. The van der Waals surface area contributed by atoms with Gasteiger partial charge in [0.1, 0.15) is 5.84 Å². The molecule has 0 spiro atoms. The third kappa shape index (κ3) is 4.11. The molecule has 0 saturated carbocycles. The number of piperazine rings is 1. The third-order valence-electron chi connectivity index (χ3n) is 4.82. The van der Waals surface area contributed by atoms with Crippen molar-refractivity contribution in [1.29, 1.82) is 0 Å². The van der Waals surface area contributed by atoms with Crippen LogP contribution < -0.4 is 5.73 Å². The quantitative estimate of drug-likeness (QED) is 0.677. The number of likely N-dealkylation sites (N-methyl/N-ethyl adjacent to an activating group) is 1. The number of aliphatic imine (C=N–C) groups is 1. The van der Waals surface area contributed by atoms with Crippen LogP contribution in [-0.4, -0.2) is 48.9 Å². The fourth-order valence-corrected chi connectivity index (χ4v) is 4.11. The van der Waals surface area contributed by atoms with E-state index in [1.807, 2.05) is 11.3 Å². The lowest BCUT2D eigenvalue weighted by atomic mass is 10.1. The van der Waals surface area contributed by atoms with Crippen LogP contribution in [0.1, 0.15) is 26.4 Å². The Hall–Kier alpha value is -1.69. The van der Waals surface area contributed by atoms with Gasteiger partial charge in [-0.3, -0.25) is 0 Å². The molecule has 2 aromatic rings. The van der Waals surface area contributed by atoms with Crippen molar-refractivity contribution in [3.05, 3.63) is 50.7 Å². The van der Waals surface area contributed by atoms with Crippen molar-refractivity contribution in [3.8, 4) is 0 Å². The highest BCUT2D eigenvalue weighted by atomic mass is 32.1. The van der Waals surface area contributed by atoms with E-state index in [2.05, 4.69) is 61.9 Å². The van der Waals surface area contributed by atoms with E-state index in [4.69, 9.17) is 10.7 Å². The smallest absolute Gasteiger partial charge is 0.137 e. The molecule has 2 heterocycles. The number of hydrogen-bond acceptors (Lipinski definition) is 4. The number of nitrogens with zero attached hydrogens (tertiary/aromatic N) is 3. The van der Waals surface area contributed by atoms with Crippen molar-refractivity contribution in [2.75, 3.05) is 33.2 Å². The van der Waals surface area contributed by atoms with E-state index < -0.39 is 0 Å². The Morgan fingerprint density at radius 1 is 1.12 bits per heavy atom. The maximum Gasteiger partial charge on any atom is 0.137 e. The molecule has 0 atom stereocenters. The average Bonchev–Trinajstić information content (AvgIpc) is 2.93. The molecule has 1 aromatic heterocycles. The van der Waals surface area contributed by atoms with Crippen molar-refractivity contribution in [1.82, 2.24) is 9.80 Å². The lowest BCUT2D eigenvalue weighted by Crippen LogP contribution is -2.47. The molecule has 5 heteroatoms. The molecule has 0 radical (unpaired) electrons. The summed E-state index contributed by atoms with van der Waals surface area (Å²) in [4.78, 5) is 12.6. The highest BCUT2D eigenvalue weighted by molar-refractivity contribution is 7.12. The predicted molar refractivity (Wildman–Crippen MR) is 108 cm³/mol. The molecule has 1 fully saturated rings. The SMILES string of the molecule is Cc1cc(/C(=N\c2cc(CN)ccc2C)N2CCN(C)CC2)c(C)s1. The zero-order chi connectivity index (χ0) is 18.0. The third-order valence-corrected chi connectivity index (χ3v) is 5.79. The average molecular weight is 357 g/mol. The van der Waals surface area contributed by atoms with Gasteiger partial charge < -0.3 is 15.5 Å². The lowest BCUT2D eigenvalue weighted by molar-refractivity contribution is 0.216. The summed E-state index contributed by atoms with van der Waals surface area (Å²) < 4.78 is 0. The van der Waals surface area contributed by atoms with Crippen molar-refractivity contribution in [2.24, 2.45) is 10.7 Å². The highest BCUT2D eigenvalue weighted by Crippen LogP contribution is 2.27. The van der Waals surface area contributed by atoms with Gasteiger partial charge in [-0.1, -0.05) is 12.1 Å². The van der Waals surface area contributed by atoms with Gasteiger partial charge in [0, 0.05) is 48.0 Å². The molecule has 1 aliphatic heterocycles. The molecule has 134 valence electrons. The van der Waals surface area contributed by atoms with Gasteiger partial charge in [-0.05, 0) is 51.1 Å². The van der Waals surface area contributed by atoms with Crippen LogP contribution in [0, 0.1) is 20.8 Å². The first-order valence-corrected chi connectivity index (χ1v) is 9.68. The second kappa shape index (κ2) is 7.68. The Labute approximate surface area is 155 Å². The van der Waals surface area contributed by atoms with E-state index in [9.17, 15) is 0 Å². The largest absolute Gasteiger partial charge is 0.354 e. The van der Waals surface area contributed by atoms with Gasteiger partial charge in [-0.15, -0.1) is 11.3 Å².